The van der Waals surface area contributed by atoms with Crippen LogP contribution in [0.1, 0.15) is 36.2 Å². The molecule has 3 aromatic rings. The van der Waals surface area contributed by atoms with E-state index in [0.29, 0.717) is 23.0 Å². The first kappa shape index (κ1) is 22.0. The number of likely N-dealkylation sites (N-methyl/N-ethyl adjacent to an activating group) is 2. The molecule has 0 aliphatic carbocycles. The molecule has 2 heterocycles. The summed E-state index contributed by atoms with van der Waals surface area (Å²) >= 11 is 0. The third-order valence-electron chi connectivity index (χ3n) is 6.24. The van der Waals surface area contributed by atoms with Gasteiger partial charge in [-0.25, -0.2) is 9.18 Å². The number of benzene rings is 2. The summed E-state index contributed by atoms with van der Waals surface area (Å²) in [5, 5.41) is 0.393. The molecule has 1 aliphatic heterocycles. The summed E-state index contributed by atoms with van der Waals surface area (Å²) in [6.45, 7) is 7.23. The number of H-pyrrole nitrogens is 1. The quantitative estimate of drug-likeness (QED) is 0.641. The number of likely N-dealkylation sites (tertiary alicyclic amines) is 1. The standard InChI is InChI=1S/C24H27FN4O3/c1-3-27-12-11-17(15-27)28(4-2)23(31)19-13-16(9-10-20(19)25)14-29-21-8-6-5-7-18(21)22(30)26-24(29)32/h5-10,13,17H,3-4,11-12,14-15H2,1-2H3,(H,26,30,32). The fraction of sp³-hybridized carbons (Fsp3) is 0.375. The van der Waals surface area contributed by atoms with E-state index in [4.69, 9.17) is 0 Å². The smallest absolute Gasteiger partial charge is 0.329 e. The first-order chi connectivity index (χ1) is 15.4. The topological polar surface area (TPSA) is 78.4 Å². The normalized spacial score (nSPS) is 16.5. The Labute approximate surface area is 185 Å². The average Bonchev–Trinajstić information content (AvgIpc) is 3.27. The molecular weight excluding hydrogens is 411 g/mol. The molecule has 0 saturated carbocycles. The van der Waals surface area contributed by atoms with Gasteiger partial charge in [0.05, 0.1) is 23.0 Å². The molecule has 7 nitrogen and oxygen atoms in total. The van der Waals surface area contributed by atoms with Crippen LogP contribution in [0.25, 0.3) is 10.9 Å². The highest BCUT2D eigenvalue weighted by molar-refractivity contribution is 5.95. The average molecular weight is 439 g/mol. The van der Waals surface area contributed by atoms with Crippen LogP contribution < -0.4 is 11.2 Å². The first-order valence-electron chi connectivity index (χ1n) is 11.0. The second kappa shape index (κ2) is 9.08. The molecule has 1 aliphatic rings. The van der Waals surface area contributed by atoms with Gasteiger partial charge in [0.2, 0.25) is 0 Å². The van der Waals surface area contributed by atoms with Gasteiger partial charge in [-0.1, -0.05) is 25.1 Å². The van der Waals surface area contributed by atoms with Crippen molar-refractivity contribution in [2.75, 3.05) is 26.2 Å². The van der Waals surface area contributed by atoms with E-state index in [2.05, 4.69) is 16.8 Å². The number of nitrogens with one attached hydrogen (secondary N) is 1. The number of carbonyl (C=O) groups excluding carboxylic acids is 1. The number of amides is 1. The zero-order valence-electron chi connectivity index (χ0n) is 18.3. The maximum absolute atomic E-state index is 14.7. The number of aromatic amines is 1. The molecule has 1 amide bonds. The van der Waals surface area contributed by atoms with Crippen molar-refractivity contribution in [1.29, 1.82) is 0 Å². The van der Waals surface area contributed by atoms with Gasteiger partial charge in [-0.3, -0.25) is 19.1 Å². The Morgan fingerprint density at radius 3 is 2.69 bits per heavy atom. The lowest BCUT2D eigenvalue weighted by Crippen LogP contribution is -2.42. The zero-order chi connectivity index (χ0) is 22.8. The van der Waals surface area contributed by atoms with Gasteiger partial charge >= 0.3 is 5.69 Å². The summed E-state index contributed by atoms with van der Waals surface area (Å²) in [5.41, 5.74) is 0.0897. The van der Waals surface area contributed by atoms with Crippen LogP contribution in [-0.4, -0.2) is 57.5 Å². The molecular formula is C24H27FN4O3. The van der Waals surface area contributed by atoms with Crippen molar-refractivity contribution in [2.24, 2.45) is 0 Å². The minimum atomic E-state index is -0.582. The summed E-state index contributed by atoms with van der Waals surface area (Å²) < 4.78 is 16.1. The van der Waals surface area contributed by atoms with E-state index in [9.17, 15) is 18.8 Å². The summed E-state index contributed by atoms with van der Waals surface area (Å²) in [7, 11) is 0. The highest BCUT2D eigenvalue weighted by Gasteiger charge is 2.30. The summed E-state index contributed by atoms with van der Waals surface area (Å²) in [5.74, 6) is -0.922. The second-order valence-electron chi connectivity index (χ2n) is 8.10. The maximum Gasteiger partial charge on any atom is 0.329 e. The van der Waals surface area contributed by atoms with Gasteiger partial charge < -0.3 is 9.80 Å². The van der Waals surface area contributed by atoms with Gasteiger partial charge in [-0.2, -0.15) is 0 Å². The zero-order valence-corrected chi connectivity index (χ0v) is 18.3. The van der Waals surface area contributed by atoms with E-state index in [1.54, 1.807) is 35.2 Å². The van der Waals surface area contributed by atoms with Crippen LogP contribution in [0.15, 0.2) is 52.1 Å². The van der Waals surface area contributed by atoms with Crippen LogP contribution in [0, 0.1) is 5.82 Å². The van der Waals surface area contributed by atoms with Crippen LogP contribution in [0.2, 0.25) is 0 Å². The number of para-hydroxylation sites is 1. The molecule has 32 heavy (non-hydrogen) atoms. The van der Waals surface area contributed by atoms with Crippen LogP contribution in [0.4, 0.5) is 4.39 Å². The molecule has 168 valence electrons. The Morgan fingerprint density at radius 1 is 1.19 bits per heavy atom. The lowest BCUT2D eigenvalue weighted by atomic mass is 10.1. The van der Waals surface area contributed by atoms with Gasteiger partial charge in [0.15, 0.2) is 0 Å². The predicted octanol–water partition coefficient (Wildman–Crippen LogP) is 2.43. The van der Waals surface area contributed by atoms with Crippen molar-refractivity contribution in [2.45, 2.75) is 32.9 Å². The number of aromatic nitrogens is 2. The van der Waals surface area contributed by atoms with Crippen LogP contribution in [0.3, 0.4) is 0 Å². The lowest BCUT2D eigenvalue weighted by Gasteiger charge is -2.28. The van der Waals surface area contributed by atoms with Crippen LogP contribution in [-0.2, 0) is 6.54 Å². The number of fused-ring (bicyclic) bond motifs is 1. The van der Waals surface area contributed by atoms with Gasteiger partial charge in [0, 0.05) is 25.7 Å². The van der Waals surface area contributed by atoms with Crippen molar-refractivity contribution in [3.05, 3.63) is 80.2 Å². The van der Waals surface area contributed by atoms with Crippen LogP contribution >= 0.6 is 0 Å². The second-order valence-corrected chi connectivity index (χ2v) is 8.10. The molecule has 0 spiro atoms. The Hall–Kier alpha value is -3.26. The van der Waals surface area contributed by atoms with Crippen LogP contribution in [0.5, 0.6) is 0 Å². The highest BCUT2D eigenvalue weighted by atomic mass is 19.1. The third kappa shape index (κ3) is 4.10. The molecule has 0 bridgehead atoms. The predicted molar refractivity (Wildman–Crippen MR) is 122 cm³/mol. The summed E-state index contributed by atoms with van der Waals surface area (Å²) in [4.78, 5) is 44.2. The van der Waals surface area contributed by atoms with Crippen molar-refractivity contribution in [3.8, 4) is 0 Å². The number of carbonyl (C=O) groups is 1. The fourth-order valence-corrected chi connectivity index (χ4v) is 4.49. The van der Waals surface area contributed by atoms with Gasteiger partial charge in [-0.15, -0.1) is 0 Å². The molecule has 1 fully saturated rings. The molecule has 2 aromatic carbocycles. The van der Waals surface area contributed by atoms with E-state index in [-0.39, 0.29) is 24.1 Å². The fourth-order valence-electron chi connectivity index (χ4n) is 4.49. The van der Waals surface area contributed by atoms with Crippen molar-refractivity contribution < 1.29 is 9.18 Å². The molecule has 8 heteroatoms. The Balaban J connectivity index is 1.67. The van der Waals surface area contributed by atoms with Gasteiger partial charge in [-0.05, 0) is 49.7 Å². The molecule has 1 atom stereocenters. The molecule has 1 aromatic heterocycles. The number of rotatable bonds is 6. The Kier molecular flexibility index (Phi) is 6.23. The Morgan fingerprint density at radius 2 is 1.97 bits per heavy atom. The molecule has 4 rings (SSSR count). The monoisotopic (exact) mass is 438 g/mol. The van der Waals surface area contributed by atoms with Crippen molar-refractivity contribution in [1.82, 2.24) is 19.4 Å². The largest absolute Gasteiger partial charge is 0.335 e. The molecule has 1 N–H and O–H groups in total. The van der Waals surface area contributed by atoms with Crippen molar-refractivity contribution in [3.63, 3.8) is 0 Å². The summed E-state index contributed by atoms with van der Waals surface area (Å²) in [6, 6.07) is 11.2. The highest BCUT2D eigenvalue weighted by Crippen LogP contribution is 2.21. The van der Waals surface area contributed by atoms with Crippen molar-refractivity contribution >= 4 is 16.8 Å². The number of hydrogen-bond acceptors (Lipinski definition) is 4. The lowest BCUT2D eigenvalue weighted by molar-refractivity contribution is 0.0689. The van der Waals surface area contributed by atoms with E-state index < -0.39 is 17.1 Å². The van der Waals surface area contributed by atoms with E-state index in [1.807, 2.05) is 6.92 Å². The van der Waals surface area contributed by atoms with E-state index in [0.717, 1.165) is 26.1 Å². The minimum Gasteiger partial charge on any atom is -0.335 e. The summed E-state index contributed by atoms with van der Waals surface area (Å²) in [6.07, 6.45) is 0.869. The SMILES string of the molecule is CCN1CCC(N(CC)C(=O)c2cc(Cn3c(=O)[nH]c(=O)c4ccccc43)ccc2F)C1. The molecule has 1 unspecified atom stereocenters. The third-order valence-corrected chi connectivity index (χ3v) is 6.24. The first-order valence-corrected chi connectivity index (χ1v) is 11.0. The minimum absolute atomic E-state index is 0.000998. The number of nitrogens with zero attached hydrogens (tertiary/aromatic N) is 3. The van der Waals surface area contributed by atoms with E-state index in [1.165, 1.54) is 16.7 Å². The molecule has 1 saturated heterocycles. The van der Waals surface area contributed by atoms with Gasteiger partial charge in [0.25, 0.3) is 11.5 Å². The number of hydrogen-bond donors (Lipinski definition) is 1. The Bertz CT molecular complexity index is 1270. The number of halogens is 1. The maximum atomic E-state index is 14.7. The van der Waals surface area contributed by atoms with Gasteiger partial charge in [0.1, 0.15) is 5.82 Å². The molecule has 0 radical (unpaired) electrons. The van der Waals surface area contributed by atoms with E-state index >= 15 is 0 Å².